The van der Waals surface area contributed by atoms with Crippen molar-refractivity contribution in [2.24, 2.45) is 0 Å². The van der Waals surface area contributed by atoms with Gasteiger partial charge in [0.05, 0.1) is 7.11 Å². The lowest BCUT2D eigenvalue weighted by molar-refractivity contribution is -0.204. The molecule has 12 nitrogen and oxygen atoms in total. The number of carbonyl (C=O) groups is 3. The molecule has 0 aliphatic heterocycles. The van der Waals surface area contributed by atoms with Crippen molar-refractivity contribution in [2.75, 3.05) is 7.11 Å². The fourth-order valence-corrected chi connectivity index (χ4v) is 3.80. The molecule has 0 bridgehead atoms. The molecule has 0 heterocycles. The Morgan fingerprint density at radius 1 is 0.789 bits per heavy atom. The van der Waals surface area contributed by atoms with Gasteiger partial charge in [-0.3, -0.25) is 0 Å². The second-order valence-electron chi connectivity index (χ2n) is 8.54. The van der Waals surface area contributed by atoms with Crippen molar-refractivity contribution in [3.8, 4) is 23.0 Å². The van der Waals surface area contributed by atoms with Crippen LogP contribution in [-0.4, -0.2) is 79.6 Å². The average Bonchev–Trinajstić information content (AvgIpc) is 2.87. The van der Waals surface area contributed by atoms with Gasteiger partial charge in [-0.15, -0.1) is 0 Å². The first-order valence-electron chi connectivity index (χ1n) is 11.2. The molecule has 2 aromatic carbocycles. The van der Waals surface area contributed by atoms with Crippen LogP contribution in [0.2, 0.25) is 0 Å². The van der Waals surface area contributed by atoms with E-state index in [0.717, 1.165) is 19.3 Å². The summed E-state index contributed by atoms with van der Waals surface area (Å²) in [6, 6.07) is 7.61. The van der Waals surface area contributed by atoms with E-state index in [4.69, 9.17) is 9.47 Å². The van der Waals surface area contributed by atoms with Gasteiger partial charge in [-0.1, -0.05) is 12.1 Å². The number of phenolic OH excluding ortho intramolecular Hbond substituents is 4. The third-order valence-corrected chi connectivity index (χ3v) is 5.76. The molecule has 38 heavy (non-hydrogen) atoms. The zero-order chi connectivity index (χ0) is 28.0. The number of esters is 3. The maximum Gasteiger partial charge on any atom is 0.338 e. The van der Waals surface area contributed by atoms with E-state index in [1.165, 1.54) is 48.6 Å². The highest BCUT2D eigenvalue weighted by molar-refractivity contribution is 5.88. The molecule has 2 aromatic rings. The van der Waals surface area contributed by atoms with Gasteiger partial charge >= 0.3 is 17.9 Å². The minimum absolute atomic E-state index is 0.341. The van der Waals surface area contributed by atoms with Crippen LogP contribution in [0.4, 0.5) is 0 Å². The Labute approximate surface area is 216 Å². The van der Waals surface area contributed by atoms with Crippen molar-refractivity contribution < 1.29 is 59.2 Å². The molecule has 1 aliphatic rings. The fourth-order valence-electron chi connectivity index (χ4n) is 3.80. The van der Waals surface area contributed by atoms with Gasteiger partial charge < -0.3 is 44.8 Å². The van der Waals surface area contributed by atoms with E-state index in [9.17, 15) is 45.0 Å². The van der Waals surface area contributed by atoms with Crippen LogP contribution in [-0.2, 0) is 28.6 Å². The molecule has 6 N–H and O–H groups in total. The van der Waals surface area contributed by atoms with E-state index in [1.807, 2.05) is 0 Å². The van der Waals surface area contributed by atoms with E-state index >= 15 is 0 Å². The maximum absolute atomic E-state index is 12.4. The highest BCUT2D eigenvalue weighted by atomic mass is 16.6. The van der Waals surface area contributed by atoms with Crippen LogP contribution in [0, 0.1) is 0 Å². The summed E-state index contributed by atoms with van der Waals surface area (Å²) in [4.78, 5) is 37.0. The first-order chi connectivity index (χ1) is 17.9. The van der Waals surface area contributed by atoms with Crippen LogP contribution in [0.1, 0.15) is 24.0 Å². The number of rotatable bonds is 7. The van der Waals surface area contributed by atoms with Crippen LogP contribution in [0.15, 0.2) is 48.6 Å². The van der Waals surface area contributed by atoms with Crippen molar-refractivity contribution in [1.29, 1.82) is 0 Å². The number of aliphatic hydroxyl groups is 2. The van der Waals surface area contributed by atoms with Gasteiger partial charge in [0.2, 0.25) is 0 Å². The Kier molecular flexibility index (Phi) is 8.61. The van der Waals surface area contributed by atoms with Gasteiger partial charge in [0.1, 0.15) is 18.3 Å². The summed E-state index contributed by atoms with van der Waals surface area (Å²) >= 11 is 0. The number of methoxy groups -OCH3 is 1. The molecule has 0 aromatic heterocycles. The number of aliphatic hydroxyl groups excluding tert-OH is 1. The van der Waals surface area contributed by atoms with Crippen LogP contribution in [0.25, 0.3) is 12.2 Å². The standard InChI is InChI=1S/C26H26O12/c1-36-25(34)26(35)12-20(37-22(31)8-4-14-2-6-16(27)18(29)10-14)24(33)21(13-26)38-23(32)9-5-15-3-7-17(28)19(30)11-15/h2-11,20-21,24,27-30,33,35H,12-13H2,1H3/b8-4+,9-5+/t20-,21?,24?,26?/m1/s1. The van der Waals surface area contributed by atoms with E-state index in [2.05, 4.69) is 4.74 Å². The van der Waals surface area contributed by atoms with E-state index in [-0.39, 0.29) is 11.5 Å². The van der Waals surface area contributed by atoms with Crippen LogP contribution in [0.3, 0.4) is 0 Å². The lowest BCUT2D eigenvalue weighted by Crippen LogP contribution is -2.58. The van der Waals surface area contributed by atoms with Gasteiger partial charge in [-0.05, 0) is 47.5 Å². The molecule has 1 saturated carbocycles. The summed E-state index contributed by atoms with van der Waals surface area (Å²) in [6.45, 7) is 0. The predicted octanol–water partition coefficient (Wildman–Crippen LogP) is 1.12. The topological polar surface area (TPSA) is 200 Å². The molecule has 0 saturated heterocycles. The highest BCUT2D eigenvalue weighted by Gasteiger charge is 2.52. The quantitative estimate of drug-likeness (QED) is 0.129. The summed E-state index contributed by atoms with van der Waals surface area (Å²) in [5.74, 6) is -4.57. The second kappa shape index (κ2) is 11.7. The average molecular weight is 530 g/mol. The summed E-state index contributed by atoms with van der Waals surface area (Å²) in [5, 5.41) is 59.4. The van der Waals surface area contributed by atoms with Gasteiger partial charge in [-0.25, -0.2) is 14.4 Å². The molecule has 0 spiro atoms. The summed E-state index contributed by atoms with van der Waals surface area (Å²) in [5.41, 5.74) is -1.57. The zero-order valence-corrected chi connectivity index (χ0v) is 20.1. The molecule has 202 valence electrons. The molecule has 0 amide bonds. The number of aromatic hydroxyl groups is 4. The molecular formula is C26H26O12. The van der Waals surface area contributed by atoms with Crippen LogP contribution in [0.5, 0.6) is 23.0 Å². The fraction of sp³-hybridized carbons (Fsp3) is 0.269. The summed E-state index contributed by atoms with van der Waals surface area (Å²) in [7, 11) is 1.03. The number of hydrogen-bond donors (Lipinski definition) is 6. The van der Waals surface area contributed by atoms with Crippen molar-refractivity contribution in [1.82, 2.24) is 0 Å². The van der Waals surface area contributed by atoms with Crippen molar-refractivity contribution in [2.45, 2.75) is 36.8 Å². The van der Waals surface area contributed by atoms with Gasteiger partial charge in [0, 0.05) is 25.0 Å². The molecular weight excluding hydrogens is 504 g/mol. The Hall–Kier alpha value is -4.55. The molecule has 1 aliphatic carbocycles. The Morgan fingerprint density at radius 3 is 1.58 bits per heavy atom. The molecule has 4 atom stereocenters. The largest absolute Gasteiger partial charge is 0.504 e. The number of ether oxygens (including phenoxy) is 3. The smallest absolute Gasteiger partial charge is 0.338 e. The number of carbonyl (C=O) groups excluding carboxylic acids is 3. The molecule has 3 rings (SSSR count). The van der Waals surface area contributed by atoms with E-state index in [1.54, 1.807) is 0 Å². The van der Waals surface area contributed by atoms with Crippen molar-refractivity contribution in [3.63, 3.8) is 0 Å². The molecule has 12 heteroatoms. The zero-order valence-electron chi connectivity index (χ0n) is 20.1. The van der Waals surface area contributed by atoms with E-state index < -0.39 is 66.2 Å². The molecule has 0 radical (unpaired) electrons. The molecule has 3 unspecified atom stereocenters. The Balaban J connectivity index is 1.73. The normalized spacial score (nSPS) is 23.3. The second-order valence-corrected chi connectivity index (χ2v) is 8.54. The number of benzene rings is 2. The summed E-state index contributed by atoms with van der Waals surface area (Å²) < 4.78 is 15.1. The monoisotopic (exact) mass is 530 g/mol. The predicted molar refractivity (Wildman–Crippen MR) is 130 cm³/mol. The van der Waals surface area contributed by atoms with Gasteiger partial charge in [-0.2, -0.15) is 0 Å². The lowest BCUT2D eigenvalue weighted by atomic mass is 9.79. The third-order valence-electron chi connectivity index (χ3n) is 5.76. The van der Waals surface area contributed by atoms with Gasteiger partial charge in [0.15, 0.2) is 28.6 Å². The van der Waals surface area contributed by atoms with Gasteiger partial charge in [0.25, 0.3) is 0 Å². The van der Waals surface area contributed by atoms with Crippen molar-refractivity contribution in [3.05, 3.63) is 59.7 Å². The van der Waals surface area contributed by atoms with Crippen molar-refractivity contribution >= 4 is 30.1 Å². The minimum atomic E-state index is -2.25. The van der Waals surface area contributed by atoms with Crippen LogP contribution < -0.4 is 0 Å². The third kappa shape index (κ3) is 6.81. The highest BCUT2D eigenvalue weighted by Crippen LogP contribution is 2.34. The summed E-state index contributed by atoms with van der Waals surface area (Å²) in [6.07, 6.45) is -1.23. The number of hydrogen-bond acceptors (Lipinski definition) is 12. The minimum Gasteiger partial charge on any atom is -0.504 e. The Morgan fingerprint density at radius 2 is 1.21 bits per heavy atom. The Bertz CT molecular complexity index is 1180. The number of phenols is 4. The first-order valence-corrected chi connectivity index (χ1v) is 11.2. The first kappa shape index (κ1) is 28.0. The maximum atomic E-state index is 12.4. The SMILES string of the molecule is COC(=O)C1(O)CC(OC(=O)/C=C/c2ccc(O)c(O)c2)C(O)[C@H](OC(=O)/C=C/c2ccc(O)c(O)c2)C1. The van der Waals surface area contributed by atoms with Crippen LogP contribution >= 0.6 is 0 Å². The van der Waals surface area contributed by atoms with E-state index in [0.29, 0.717) is 11.1 Å². The lowest BCUT2D eigenvalue weighted by Gasteiger charge is -2.41. The molecule has 1 fully saturated rings.